The third-order valence-corrected chi connectivity index (χ3v) is 4.06. The van der Waals surface area contributed by atoms with E-state index in [4.69, 9.17) is 21.1 Å². The Hall–Kier alpha value is -2.73. The van der Waals surface area contributed by atoms with Crippen LogP contribution in [0, 0.1) is 5.92 Å². The van der Waals surface area contributed by atoms with Gasteiger partial charge in [-0.2, -0.15) is 0 Å². The van der Waals surface area contributed by atoms with Crippen LogP contribution in [-0.2, 0) is 0 Å². The van der Waals surface area contributed by atoms with Crippen LogP contribution in [0.5, 0.6) is 11.5 Å². The molecule has 26 heavy (non-hydrogen) atoms. The predicted molar refractivity (Wildman–Crippen MR) is 99.1 cm³/mol. The number of halogens is 1. The second-order valence-corrected chi connectivity index (χ2v) is 6.70. The van der Waals surface area contributed by atoms with Crippen LogP contribution in [0.25, 0.3) is 0 Å². The fraction of sp³-hybridized carbons (Fsp3) is 0.263. The van der Waals surface area contributed by atoms with E-state index in [-0.39, 0.29) is 12.7 Å². The van der Waals surface area contributed by atoms with Crippen molar-refractivity contribution in [3.05, 3.63) is 52.5 Å². The molecule has 0 atom stereocenters. The molecule has 1 aliphatic heterocycles. The first-order chi connectivity index (χ1) is 12.5. The summed E-state index contributed by atoms with van der Waals surface area (Å²) in [6.07, 6.45) is 0. The lowest BCUT2D eigenvalue weighted by Crippen LogP contribution is -2.28. The van der Waals surface area contributed by atoms with Crippen molar-refractivity contribution in [3.8, 4) is 11.5 Å². The van der Waals surface area contributed by atoms with Crippen LogP contribution in [0.1, 0.15) is 34.6 Å². The molecule has 7 heteroatoms. The van der Waals surface area contributed by atoms with Gasteiger partial charge in [0.15, 0.2) is 11.5 Å². The molecule has 1 aliphatic rings. The van der Waals surface area contributed by atoms with Crippen molar-refractivity contribution in [2.24, 2.45) is 5.92 Å². The zero-order chi connectivity index (χ0) is 18.7. The van der Waals surface area contributed by atoms with Gasteiger partial charge >= 0.3 is 0 Å². The smallest absolute Gasteiger partial charge is 0.255 e. The topological polar surface area (TPSA) is 76.7 Å². The van der Waals surface area contributed by atoms with E-state index in [2.05, 4.69) is 10.6 Å². The number of hydrogen-bond donors (Lipinski definition) is 2. The molecular formula is C19H19ClN2O4. The molecule has 0 unspecified atom stereocenters. The lowest BCUT2D eigenvalue weighted by Gasteiger charge is -2.13. The summed E-state index contributed by atoms with van der Waals surface area (Å²) in [6, 6.07) is 9.91. The predicted octanol–water partition coefficient (Wildman–Crippen LogP) is 3.71. The Morgan fingerprint density at radius 2 is 1.92 bits per heavy atom. The molecule has 6 nitrogen and oxygen atoms in total. The first kappa shape index (κ1) is 18.1. The molecule has 136 valence electrons. The molecule has 2 aromatic rings. The van der Waals surface area contributed by atoms with E-state index in [1.807, 2.05) is 13.8 Å². The van der Waals surface area contributed by atoms with Crippen molar-refractivity contribution in [2.45, 2.75) is 13.8 Å². The molecule has 2 N–H and O–H groups in total. The van der Waals surface area contributed by atoms with E-state index < -0.39 is 5.91 Å². The van der Waals surface area contributed by atoms with Crippen LogP contribution in [0.15, 0.2) is 36.4 Å². The summed E-state index contributed by atoms with van der Waals surface area (Å²) >= 11 is 6.13. The summed E-state index contributed by atoms with van der Waals surface area (Å²) in [6.45, 7) is 4.65. The number of nitrogens with one attached hydrogen (secondary N) is 2. The lowest BCUT2D eigenvalue weighted by atomic mass is 10.1. The van der Waals surface area contributed by atoms with Crippen molar-refractivity contribution in [2.75, 3.05) is 18.7 Å². The summed E-state index contributed by atoms with van der Waals surface area (Å²) in [7, 11) is 0. The molecule has 0 radical (unpaired) electrons. The molecule has 0 bridgehead atoms. The van der Waals surface area contributed by atoms with Crippen LogP contribution in [-0.4, -0.2) is 25.2 Å². The molecule has 0 saturated heterocycles. The SMILES string of the molecule is CC(C)CNC(=O)c1ccccc1NC(=O)c1cc(Cl)c2c(c1)OCO2. The van der Waals surface area contributed by atoms with Gasteiger partial charge in [-0.1, -0.05) is 37.6 Å². The standard InChI is InChI=1S/C19H19ClN2O4/c1-11(2)9-21-19(24)13-5-3-4-6-15(13)22-18(23)12-7-14(20)17-16(8-12)25-10-26-17/h3-8,11H,9-10H2,1-2H3,(H,21,24)(H,22,23). The molecule has 0 aromatic heterocycles. The molecule has 3 rings (SSSR count). The van der Waals surface area contributed by atoms with E-state index in [0.29, 0.717) is 45.8 Å². The second kappa shape index (κ2) is 7.66. The Morgan fingerprint density at radius 1 is 1.15 bits per heavy atom. The largest absolute Gasteiger partial charge is 0.454 e. The van der Waals surface area contributed by atoms with Gasteiger partial charge in [-0.3, -0.25) is 9.59 Å². The Morgan fingerprint density at radius 3 is 2.69 bits per heavy atom. The van der Waals surface area contributed by atoms with Crippen molar-refractivity contribution in [1.29, 1.82) is 0 Å². The number of carbonyl (C=O) groups is 2. The average Bonchev–Trinajstić information content (AvgIpc) is 3.09. The third kappa shape index (κ3) is 3.91. The van der Waals surface area contributed by atoms with Gasteiger partial charge in [0.1, 0.15) is 0 Å². The maximum atomic E-state index is 12.6. The van der Waals surface area contributed by atoms with Gasteiger partial charge in [-0.05, 0) is 30.2 Å². The van der Waals surface area contributed by atoms with Gasteiger partial charge in [0.2, 0.25) is 6.79 Å². The summed E-state index contributed by atoms with van der Waals surface area (Å²) in [5.41, 5.74) is 1.14. The number of carbonyl (C=O) groups excluding carboxylic acids is 2. The van der Waals surface area contributed by atoms with E-state index in [0.717, 1.165) is 0 Å². The Labute approximate surface area is 156 Å². The highest BCUT2D eigenvalue weighted by Gasteiger charge is 2.21. The highest BCUT2D eigenvalue weighted by Crippen LogP contribution is 2.39. The zero-order valence-electron chi connectivity index (χ0n) is 14.5. The number of benzene rings is 2. The fourth-order valence-electron chi connectivity index (χ4n) is 2.48. The first-order valence-electron chi connectivity index (χ1n) is 8.23. The minimum Gasteiger partial charge on any atom is -0.454 e. The summed E-state index contributed by atoms with van der Waals surface area (Å²) in [5.74, 6) is 0.548. The first-order valence-corrected chi connectivity index (χ1v) is 8.61. The van der Waals surface area contributed by atoms with E-state index >= 15 is 0 Å². The van der Waals surface area contributed by atoms with Gasteiger partial charge in [0, 0.05) is 12.1 Å². The molecule has 0 fully saturated rings. The monoisotopic (exact) mass is 374 g/mol. The summed E-state index contributed by atoms with van der Waals surface area (Å²) < 4.78 is 10.5. The number of anilines is 1. The normalized spacial score (nSPS) is 12.2. The summed E-state index contributed by atoms with van der Waals surface area (Å²) in [5, 5.41) is 5.91. The number of para-hydroxylation sites is 1. The van der Waals surface area contributed by atoms with Crippen molar-refractivity contribution >= 4 is 29.1 Å². The fourth-order valence-corrected chi connectivity index (χ4v) is 2.74. The molecule has 1 heterocycles. The lowest BCUT2D eigenvalue weighted by molar-refractivity contribution is 0.0950. The molecular weight excluding hydrogens is 356 g/mol. The van der Waals surface area contributed by atoms with Gasteiger partial charge in [0.25, 0.3) is 11.8 Å². The number of fused-ring (bicyclic) bond motifs is 1. The van der Waals surface area contributed by atoms with E-state index in [1.54, 1.807) is 30.3 Å². The second-order valence-electron chi connectivity index (χ2n) is 6.30. The maximum Gasteiger partial charge on any atom is 0.255 e. The number of ether oxygens (including phenoxy) is 2. The van der Waals surface area contributed by atoms with Crippen molar-refractivity contribution < 1.29 is 19.1 Å². The van der Waals surface area contributed by atoms with Crippen LogP contribution < -0.4 is 20.1 Å². The van der Waals surface area contributed by atoms with Gasteiger partial charge in [-0.25, -0.2) is 0 Å². The maximum absolute atomic E-state index is 12.6. The van der Waals surface area contributed by atoms with Crippen LogP contribution in [0.2, 0.25) is 5.02 Å². The van der Waals surface area contributed by atoms with Crippen molar-refractivity contribution in [1.82, 2.24) is 5.32 Å². The molecule has 2 amide bonds. The van der Waals surface area contributed by atoms with E-state index in [1.165, 1.54) is 6.07 Å². The van der Waals surface area contributed by atoms with Gasteiger partial charge in [0.05, 0.1) is 16.3 Å². The number of rotatable bonds is 5. The average molecular weight is 375 g/mol. The molecule has 0 aliphatic carbocycles. The van der Waals surface area contributed by atoms with E-state index in [9.17, 15) is 9.59 Å². The summed E-state index contributed by atoms with van der Waals surface area (Å²) in [4.78, 5) is 25.0. The number of amides is 2. The van der Waals surface area contributed by atoms with Crippen LogP contribution in [0.3, 0.4) is 0 Å². The van der Waals surface area contributed by atoms with Crippen LogP contribution in [0.4, 0.5) is 5.69 Å². The highest BCUT2D eigenvalue weighted by molar-refractivity contribution is 6.33. The Balaban J connectivity index is 1.80. The zero-order valence-corrected chi connectivity index (χ0v) is 15.2. The Bertz CT molecular complexity index is 851. The molecule has 0 spiro atoms. The highest BCUT2D eigenvalue weighted by atomic mass is 35.5. The number of hydrogen-bond acceptors (Lipinski definition) is 4. The molecule has 0 saturated carbocycles. The molecule has 2 aromatic carbocycles. The minimum absolute atomic E-state index is 0.0684. The van der Waals surface area contributed by atoms with Crippen molar-refractivity contribution in [3.63, 3.8) is 0 Å². The Kier molecular flexibility index (Phi) is 5.32. The minimum atomic E-state index is -0.394. The third-order valence-electron chi connectivity index (χ3n) is 3.78. The van der Waals surface area contributed by atoms with Crippen LogP contribution >= 0.6 is 11.6 Å². The van der Waals surface area contributed by atoms with Gasteiger partial charge < -0.3 is 20.1 Å². The van der Waals surface area contributed by atoms with Gasteiger partial charge in [-0.15, -0.1) is 0 Å². The quantitative estimate of drug-likeness (QED) is 0.836.